The minimum absolute atomic E-state index is 0.0468. The Morgan fingerprint density at radius 3 is 2.62 bits per heavy atom. The summed E-state index contributed by atoms with van der Waals surface area (Å²) < 4.78 is 33.6. The quantitative estimate of drug-likeness (QED) is 0.0634. The second kappa shape index (κ2) is 10.4. The monoisotopic (exact) mass is 598 g/mol. The summed E-state index contributed by atoms with van der Waals surface area (Å²) >= 11 is 0.979. The summed E-state index contributed by atoms with van der Waals surface area (Å²) in [5.74, 6) is -3.38. The first-order valence-electron chi connectivity index (χ1n) is 12.1. The molecule has 2 aliphatic carbocycles. The van der Waals surface area contributed by atoms with Crippen LogP contribution in [0.2, 0.25) is 0 Å². The predicted octanol–water partition coefficient (Wildman–Crippen LogP) is -2.57. The van der Waals surface area contributed by atoms with Gasteiger partial charge in [-0.25, -0.2) is 14.1 Å². The van der Waals surface area contributed by atoms with E-state index in [1.54, 1.807) is 0 Å². The molecular formula is C20H26N10O8S2. The SMILES string of the molecule is Nc1nc(/C(=N/OC2(C(=O)O)CC2)C(=O)N[C@@H]2C(=O)N(S(=O)(=O)O)[C@@H]2Cn2ncc(CN[C@H]3C[C@H](N)C3)n2)cs1. The number of oxime groups is 1. The van der Waals surface area contributed by atoms with Crippen molar-refractivity contribution >= 4 is 50.3 Å². The van der Waals surface area contributed by atoms with Crippen LogP contribution in [0.4, 0.5) is 5.13 Å². The number of β-lactam (4-membered cyclic amide) rings is 1. The van der Waals surface area contributed by atoms with Gasteiger partial charge < -0.3 is 32.0 Å². The van der Waals surface area contributed by atoms with Gasteiger partial charge in [0.15, 0.2) is 10.8 Å². The number of thiazole rings is 1. The van der Waals surface area contributed by atoms with Gasteiger partial charge in [0.1, 0.15) is 17.8 Å². The average molecular weight is 599 g/mol. The Morgan fingerprint density at radius 1 is 1.32 bits per heavy atom. The number of aromatic nitrogens is 4. The van der Waals surface area contributed by atoms with Crippen molar-refractivity contribution in [2.24, 2.45) is 10.9 Å². The minimum Gasteiger partial charge on any atom is -0.478 e. The number of nitrogen functional groups attached to an aromatic ring is 1. The molecule has 40 heavy (non-hydrogen) atoms. The van der Waals surface area contributed by atoms with Crippen molar-refractivity contribution in [1.29, 1.82) is 0 Å². The van der Waals surface area contributed by atoms with Crippen LogP contribution < -0.4 is 22.1 Å². The molecule has 1 aliphatic heterocycles. The molecule has 18 nitrogen and oxygen atoms in total. The molecule has 2 aromatic heterocycles. The Balaban J connectivity index is 1.31. The summed E-state index contributed by atoms with van der Waals surface area (Å²) in [4.78, 5) is 47.6. The third-order valence-electron chi connectivity index (χ3n) is 6.77. The molecule has 216 valence electrons. The number of nitrogens with zero attached hydrogens (tertiary/aromatic N) is 6. The van der Waals surface area contributed by atoms with Crippen LogP contribution in [-0.4, -0.2) is 95.6 Å². The van der Waals surface area contributed by atoms with Crippen LogP contribution in [-0.2, 0) is 42.6 Å². The fraction of sp³-hybridized carbons (Fsp3) is 0.550. The molecule has 0 unspecified atom stereocenters. The molecule has 0 radical (unpaired) electrons. The molecule has 3 fully saturated rings. The number of nitrogens with one attached hydrogen (secondary N) is 2. The number of amides is 2. The molecule has 2 aromatic rings. The molecule has 0 bridgehead atoms. The Hall–Kier alpha value is -3.72. The van der Waals surface area contributed by atoms with Gasteiger partial charge in [-0.05, 0) is 12.8 Å². The van der Waals surface area contributed by atoms with E-state index in [1.807, 2.05) is 0 Å². The lowest BCUT2D eigenvalue weighted by Gasteiger charge is -2.43. The molecule has 8 N–H and O–H groups in total. The number of carboxylic acids is 1. The van der Waals surface area contributed by atoms with Crippen molar-refractivity contribution < 1.29 is 37.3 Å². The van der Waals surface area contributed by atoms with E-state index in [2.05, 4.69) is 31.0 Å². The number of hydrogen-bond acceptors (Lipinski definition) is 14. The summed E-state index contributed by atoms with van der Waals surface area (Å²) in [6, 6.07) is -2.30. The first-order chi connectivity index (χ1) is 18.9. The second-order valence-corrected chi connectivity index (χ2v) is 11.9. The van der Waals surface area contributed by atoms with Gasteiger partial charge in [0.2, 0.25) is 5.60 Å². The summed E-state index contributed by atoms with van der Waals surface area (Å²) in [7, 11) is -4.98. The van der Waals surface area contributed by atoms with Gasteiger partial charge in [-0.15, -0.1) is 11.3 Å². The molecule has 2 atom stereocenters. The Bertz CT molecular complexity index is 1460. The van der Waals surface area contributed by atoms with Crippen molar-refractivity contribution in [3.8, 4) is 0 Å². The van der Waals surface area contributed by atoms with Crippen LogP contribution >= 0.6 is 11.3 Å². The lowest BCUT2D eigenvalue weighted by molar-refractivity contribution is -0.153. The lowest BCUT2D eigenvalue weighted by Crippen LogP contribution is -2.73. The minimum atomic E-state index is -4.98. The standard InChI is InChI=1S/C20H26N10O8S2/c21-9-3-10(4-9)23-5-11-6-24-29(27-11)7-13-15(17(32)30(13)40(35,36)37)26-16(31)14(12-8-39-19(22)25-12)28-38-20(1-2-20)18(33)34/h6,8-10,13,15,23H,1-5,7,21H2,(H2,22,25)(H,26,31)(H,33,34)(H,35,36,37)/b28-14-/t9-,10-,13-,15+/m1/s1. The van der Waals surface area contributed by atoms with Crippen LogP contribution in [0.15, 0.2) is 16.7 Å². The Kier molecular flexibility index (Phi) is 7.20. The summed E-state index contributed by atoms with van der Waals surface area (Å²) in [6.45, 7) is 0.0944. The van der Waals surface area contributed by atoms with Crippen LogP contribution in [0.1, 0.15) is 37.1 Å². The fourth-order valence-corrected chi connectivity index (χ4v) is 5.71. The first-order valence-corrected chi connectivity index (χ1v) is 14.3. The fourth-order valence-electron chi connectivity index (χ4n) is 4.29. The molecule has 2 saturated carbocycles. The molecule has 5 rings (SSSR count). The maximum Gasteiger partial charge on any atom is 0.362 e. The molecular weight excluding hydrogens is 572 g/mol. The van der Waals surface area contributed by atoms with E-state index in [4.69, 9.17) is 16.3 Å². The van der Waals surface area contributed by atoms with Crippen LogP contribution in [0.5, 0.6) is 0 Å². The van der Waals surface area contributed by atoms with E-state index >= 15 is 0 Å². The number of carboxylic acid groups (broad SMARTS) is 1. The van der Waals surface area contributed by atoms with Gasteiger partial charge in [-0.1, -0.05) is 5.16 Å². The van der Waals surface area contributed by atoms with E-state index < -0.39 is 51.5 Å². The van der Waals surface area contributed by atoms with E-state index in [0.717, 1.165) is 29.0 Å². The topological polar surface area (TPSA) is 270 Å². The average Bonchev–Trinajstić information content (AvgIpc) is 3.32. The number of aliphatic carboxylic acids is 1. The van der Waals surface area contributed by atoms with Crippen LogP contribution in [0.25, 0.3) is 0 Å². The van der Waals surface area contributed by atoms with Gasteiger partial charge in [0.25, 0.3) is 11.8 Å². The highest BCUT2D eigenvalue weighted by atomic mass is 32.2. The zero-order valence-electron chi connectivity index (χ0n) is 20.7. The maximum atomic E-state index is 13.2. The highest BCUT2D eigenvalue weighted by molar-refractivity contribution is 7.84. The second-order valence-electron chi connectivity index (χ2n) is 9.73. The highest BCUT2D eigenvalue weighted by Gasteiger charge is 2.56. The zero-order chi connectivity index (χ0) is 28.8. The maximum absolute atomic E-state index is 13.2. The number of rotatable bonds is 12. The zero-order valence-corrected chi connectivity index (χ0v) is 22.3. The van der Waals surface area contributed by atoms with E-state index in [0.29, 0.717) is 12.2 Å². The van der Waals surface area contributed by atoms with Gasteiger partial charge in [0, 0.05) is 36.9 Å². The van der Waals surface area contributed by atoms with Crippen molar-refractivity contribution in [2.75, 3.05) is 5.73 Å². The van der Waals surface area contributed by atoms with E-state index in [9.17, 15) is 32.5 Å². The number of carbonyl (C=O) groups excluding carboxylic acids is 2. The highest BCUT2D eigenvalue weighted by Crippen LogP contribution is 2.40. The van der Waals surface area contributed by atoms with Gasteiger partial charge >= 0.3 is 16.3 Å². The van der Waals surface area contributed by atoms with E-state index in [-0.39, 0.29) is 46.6 Å². The Labute approximate surface area is 230 Å². The predicted molar refractivity (Wildman–Crippen MR) is 136 cm³/mol. The van der Waals surface area contributed by atoms with Gasteiger partial charge in [0.05, 0.1) is 18.4 Å². The summed E-state index contributed by atoms with van der Waals surface area (Å²) in [6.07, 6.45) is 3.49. The smallest absolute Gasteiger partial charge is 0.362 e. The number of anilines is 1. The van der Waals surface area contributed by atoms with Gasteiger partial charge in [-0.3, -0.25) is 14.1 Å². The third kappa shape index (κ3) is 5.61. The number of hydrogen-bond donors (Lipinski definition) is 6. The molecule has 0 spiro atoms. The lowest BCUT2D eigenvalue weighted by atomic mass is 9.88. The molecule has 1 saturated heterocycles. The first kappa shape index (κ1) is 27.8. The Morgan fingerprint density at radius 2 is 2.05 bits per heavy atom. The van der Waals surface area contributed by atoms with Gasteiger partial charge in [-0.2, -0.15) is 23.4 Å². The number of nitrogens with two attached hydrogens (primary N) is 2. The van der Waals surface area contributed by atoms with Crippen molar-refractivity contribution in [3.05, 3.63) is 23.0 Å². The molecule has 3 aliphatic rings. The van der Waals surface area contributed by atoms with Crippen LogP contribution in [0, 0.1) is 0 Å². The summed E-state index contributed by atoms with van der Waals surface area (Å²) in [5.41, 5.74) is 9.88. The van der Waals surface area contributed by atoms with Crippen molar-refractivity contribution in [3.63, 3.8) is 0 Å². The molecule has 0 aromatic carbocycles. The van der Waals surface area contributed by atoms with Crippen molar-refractivity contribution in [1.82, 2.24) is 34.9 Å². The number of carbonyl (C=O) groups is 3. The normalized spacial score (nSPS) is 25.6. The molecule has 20 heteroatoms. The molecule has 2 amide bonds. The van der Waals surface area contributed by atoms with E-state index in [1.165, 1.54) is 11.6 Å². The van der Waals surface area contributed by atoms with Crippen molar-refractivity contribution in [2.45, 2.75) is 68.5 Å². The molecule has 3 heterocycles. The third-order valence-corrected chi connectivity index (χ3v) is 8.39. The van der Waals surface area contributed by atoms with Crippen LogP contribution in [0.3, 0.4) is 0 Å². The largest absolute Gasteiger partial charge is 0.478 e. The summed E-state index contributed by atoms with van der Waals surface area (Å²) in [5, 5.41) is 28.5.